The van der Waals surface area contributed by atoms with E-state index >= 15 is 0 Å². The molecule has 0 N–H and O–H groups in total. The molecule has 0 fully saturated rings. The van der Waals surface area contributed by atoms with Crippen LogP contribution in [-0.4, -0.2) is 10.2 Å². The van der Waals surface area contributed by atoms with Crippen molar-refractivity contribution in [2.24, 2.45) is 0 Å². The highest BCUT2D eigenvalue weighted by Gasteiger charge is 2.24. The highest BCUT2D eigenvalue weighted by Crippen LogP contribution is 2.40. The summed E-state index contributed by atoms with van der Waals surface area (Å²) in [5.41, 5.74) is 4.95. The van der Waals surface area contributed by atoms with Gasteiger partial charge in [-0.3, -0.25) is 0 Å². The lowest BCUT2D eigenvalue weighted by Gasteiger charge is -2.28. The first-order valence-corrected chi connectivity index (χ1v) is 9.99. The largest absolute Gasteiger partial charge is 0.460 e. The molecule has 24 heavy (non-hydrogen) atoms. The van der Waals surface area contributed by atoms with E-state index in [0.29, 0.717) is 6.61 Å². The van der Waals surface area contributed by atoms with Crippen LogP contribution in [0.4, 0.5) is 0 Å². The Hall–Kier alpha value is -1.41. The second-order valence-electron chi connectivity index (χ2n) is 5.22. The van der Waals surface area contributed by atoms with Crippen LogP contribution in [0.2, 0.25) is 0 Å². The first-order chi connectivity index (χ1) is 11.8. The van der Waals surface area contributed by atoms with Crippen LogP contribution in [0.3, 0.4) is 0 Å². The monoisotopic (exact) mass is 420 g/mol. The number of nitrogens with zero attached hydrogens (tertiary/aromatic N) is 2. The number of aromatic nitrogens is 2. The molecule has 0 saturated heterocycles. The van der Waals surface area contributed by atoms with Crippen molar-refractivity contribution in [1.29, 1.82) is 0 Å². The minimum Gasteiger partial charge on any atom is -0.460 e. The van der Waals surface area contributed by atoms with Gasteiger partial charge >= 0.3 is 0 Å². The van der Waals surface area contributed by atoms with Crippen molar-refractivity contribution in [3.63, 3.8) is 0 Å². The predicted molar refractivity (Wildman–Crippen MR) is 98.2 cm³/mol. The number of halogens is 1. The fourth-order valence-corrected chi connectivity index (χ4v) is 4.53. The highest BCUT2D eigenvalue weighted by molar-refractivity contribution is 9.10. The molecule has 1 aliphatic rings. The van der Waals surface area contributed by atoms with Crippen molar-refractivity contribution >= 4 is 39.0 Å². The number of ether oxygens (including phenoxy) is 2. The second-order valence-corrected chi connectivity index (χ2v) is 8.19. The molecule has 0 aliphatic carbocycles. The average Bonchev–Trinajstić information content (AvgIpc) is 3.13. The summed E-state index contributed by atoms with van der Waals surface area (Å²) in [4.78, 5) is 0. The second kappa shape index (κ2) is 7.23. The van der Waals surface area contributed by atoms with E-state index < -0.39 is 0 Å². The van der Waals surface area contributed by atoms with Gasteiger partial charge in [0.1, 0.15) is 11.3 Å². The first kappa shape index (κ1) is 16.1. The number of hydrogen-bond donors (Lipinski definition) is 0. The van der Waals surface area contributed by atoms with E-state index in [1.54, 1.807) is 28.6 Å². The third kappa shape index (κ3) is 3.49. The summed E-state index contributed by atoms with van der Waals surface area (Å²) >= 11 is 6.78. The number of rotatable bonds is 4. The molecule has 4 nitrogen and oxygen atoms in total. The summed E-state index contributed by atoms with van der Waals surface area (Å²) in [7, 11) is 0. The fraction of sp³-hybridized carbons (Fsp3) is 0.176. The van der Waals surface area contributed by atoms with E-state index in [0.717, 1.165) is 37.0 Å². The highest BCUT2D eigenvalue weighted by atomic mass is 79.9. The van der Waals surface area contributed by atoms with Gasteiger partial charge in [-0.1, -0.05) is 69.4 Å². The van der Waals surface area contributed by atoms with Gasteiger partial charge in [0, 0.05) is 26.9 Å². The lowest BCUT2D eigenvalue weighted by Crippen LogP contribution is -2.19. The normalized spacial score (nSPS) is 16.5. The smallest absolute Gasteiger partial charge is 0.227 e. The van der Waals surface area contributed by atoms with Gasteiger partial charge in [-0.2, -0.15) is 0 Å². The first-order valence-electron chi connectivity index (χ1n) is 7.33. The molecular formula is C17H13BrN2O2S2. The number of fused-ring (bicyclic) bond motifs is 1. The molecule has 1 unspecified atom stereocenters. The van der Waals surface area contributed by atoms with Gasteiger partial charge in [0.05, 0.1) is 6.61 Å². The summed E-state index contributed by atoms with van der Waals surface area (Å²) < 4.78 is 14.0. The molecule has 7 heteroatoms. The molecule has 3 aromatic rings. The van der Waals surface area contributed by atoms with Gasteiger partial charge in [0.2, 0.25) is 6.29 Å². The zero-order chi connectivity index (χ0) is 16.4. The van der Waals surface area contributed by atoms with E-state index in [1.807, 2.05) is 30.3 Å². The Morgan fingerprint density at radius 3 is 2.92 bits per heavy atom. The maximum atomic E-state index is 6.19. The number of thioether (sulfide) groups is 1. The fourth-order valence-electron chi connectivity index (χ4n) is 2.52. The third-order valence-corrected chi connectivity index (χ3v) is 5.95. The van der Waals surface area contributed by atoms with Crippen molar-refractivity contribution in [3.8, 4) is 5.75 Å². The van der Waals surface area contributed by atoms with Gasteiger partial charge in [0.25, 0.3) is 0 Å². The molecule has 0 spiro atoms. The SMILES string of the molecule is Brc1cc2c(c(CSc3nncs3)c1)OC(c1ccccc1)OC2. The molecule has 2 heterocycles. The van der Waals surface area contributed by atoms with Crippen LogP contribution >= 0.6 is 39.0 Å². The van der Waals surface area contributed by atoms with Gasteiger partial charge in [-0.25, -0.2) is 0 Å². The van der Waals surface area contributed by atoms with Crippen molar-refractivity contribution in [2.45, 2.75) is 23.0 Å². The van der Waals surface area contributed by atoms with E-state index in [9.17, 15) is 0 Å². The lowest BCUT2D eigenvalue weighted by atomic mass is 10.1. The number of hydrogen-bond acceptors (Lipinski definition) is 6. The molecule has 1 aliphatic heterocycles. The summed E-state index contributed by atoms with van der Waals surface area (Å²) in [5, 5.41) is 7.96. The maximum absolute atomic E-state index is 6.19. The minimum atomic E-state index is -0.370. The Balaban J connectivity index is 1.60. The quantitative estimate of drug-likeness (QED) is 0.542. The summed E-state index contributed by atoms with van der Waals surface area (Å²) in [5.74, 6) is 1.69. The zero-order valence-electron chi connectivity index (χ0n) is 12.5. The standard InChI is InChI=1S/C17H13BrN2O2S2/c18-14-6-12-8-21-16(11-4-2-1-3-5-11)22-15(12)13(7-14)9-23-17-20-19-10-24-17/h1-7,10,16H,8-9H2. The predicted octanol–water partition coefficient (Wildman–Crippen LogP) is 5.20. The molecule has 1 atom stereocenters. The van der Waals surface area contributed by atoms with Gasteiger partial charge < -0.3 is 9.47 Å². The third-order valence-electron chi connectivity index (χ3n) is 3.59. The van der Waals surface area contributed by atoms with Crippen molar-refractivity contribution in [3.05, 3.63) is 69.1 Å². The van der Waals surface area contributed by atoms with Crippen LogP contribution in [0.5, 0.6) is 5.75 Å². The topological polar surface area (TPSA) is 44.2 Å². The lowest BCUT2D eigenvalue weighted by molar-refractivity contribution is -0.111. The van der Waals surface area contributed by atoms with Crippen molar-refractivity contribution in [1.82, 2.24) is 10.2 Å². The van der Waals surface area contributed by atoms with Crippen LogP contribution in [0.1, 0.15) is 23.0 Å². The Morgan fingerprint density at radius 2 is 2.12 bits per heavy atom. The zero-order valence-corrected chi connectivity index (χ0v) is 15.7. The molecule has 0 saturated carbocycles. The van der Waals surface area contributed by atoms with E-state index in [4.69, 9.17) is 9.47 Å². The van der Waals surface area contributed by atoms with Crippen molar-refractivity contribution < 1.29 is 9.47 Å². The van der Waals surface area contributed by atoms with E-state index in [1.165, 1.54) is 0 Å². The maximum Gasteiger partial charge on any atom is 0.227 e. The molecule has 122 valence electrons. The summed E-state index contributed by atoms with van der Waals surface area (Å²) in [6.07, 6.45) is -0.370. The molecule has 1 aromatic heterocycles. The van der Waals surface area contributed by atoms with Gasteiger partial charge in [-0.15, -0.1) is 10.2 Å². The summed E-state index contributed by atoms with van der Waals surface area (Å²) in [6.45, 7) is 0.533. The van der Waals surface area contributed by atoms with Gasteiger partial charge in [-0.05, 0) is 12.1 Å². The van der Waals surface area contributed by atoms with E-state index in [-0.39, 0.29) is 6.29 Å². The van der Waals surface area contributed by atoms with Crippen LogP contribution in [0.15, 0.2) is 56.8 Å². The molecule has 0 amide bonds. The summed E-state index contributed by atoms with van der Waals surface area (Å²) in [6, 6.07) is 14.2. The minimum absolute atomic E-state index is 0.370. The van der Waals surface area contributed by atoms with Gasteiger partial charge in [0.15, 0.2) is 4.34 Å². The van der Waals surface area contributed by atoms with Crippen LogP contribution in [0.25, 0.3) is 0 Å². The Morgan fingerprint density at radius 1 is 1.25 bits per heavy atom. The Bertz CT molecular complexity index is 828. The molecular weight excluding hydrogens is 408 g/mol. The Labute approximate surface area is 156 Å². The van der Waals surface area contributed by atoms with Crippen LogP contribution < -0.4 is 4.74 Å². The van der Waals surface area contributed by atoms with Crippen molar-refractivity contribution in [2.75, 3.05) is 0 Å². The van der Waals surface area contributed by atoms with Crippen LogP contribution in [-0.2, 0) is 17.1 Å². The molecule has 4 rings (SSSR count). The molecule has 0 bridgehead atoms. The van der Waals surface area contributed by atoms with Crippen LogP contribution in [0, 0.1) is 0 Å². The van der Waals surface area contributed by atoms with E-state index in [2.05, 4.69) is 38.3 Å². The average molecular weight is 421 g/mol. The molecule has 2 aromatic carbocycles. The Kier molecular flexibility index (Phi) is 4.84. The molecule has 0 radical (unpaired) electrons. The number of benzene rings is 2.